The number of nitrogens with zero attached hydrogens (tertiary/aromatic N) is 1. The quantitative estimate of drug-likeness (QED) is 0.602. The molecule has 0 unspecified atom stereocenters. The van der Waals surface area contributed by atoms with Gasteiger partial charge in [0.25, 0.3) is 0 Å². The summed E-state index contributed by atoms with van der Waals surface area (Å²) >= 11 is 3.24. The van der Waals surface area contributed by atoms with E-state index in [4.69, 9.17) is 10.5 Å². The summed E-state index contributed by atoms with van der Waals surface area (Å²) in [7, 11) is -2.11. The minimum atomic E-state index is -3.63. The van der Waals surface area contributed by atoms with Gasteiger partial charge in [0.1, 0.15) is 0 Å². The molecule has 0 atom stereocenters. The highest BCUT2D eigenvalue weighted by Gasteiger charge is 2.25. The van der Waals surface area contributed by atoms with Gasteiger partial charge >= 0.3 is 0 Å². The zero-order chi connectivity index (χ0) is 14.5. The van der Waals surface area contributed by atoms with Crippen LogP contribution >= 0.6 is 15.9 Å². The molecule has 2 N–H and O–H groups in total. The molecule has 0 aromatic heterocycles. The van der Waals surface area contributed by atoms with Crippen LogP contribution in [0, 0.1) is 0 Å². The van der Waals surface area contributed by atoms with Crippen LogP contribution in [0.2, 0.25) is 0 Å². The highest BCUT2D eigenvalue weighted by Crippen LogP contribution is 2.27. The van der Waals surface area contributed by atoms with Crippen molar-refractivity contribution in [2.75, 3.05) is 32.5 Å². The van der Waals surface area contributed by atoms with Crippen molar-refractivity contribution in [3.05, 3.63) is 35.3 Å². The third-order valence-corrected chi connectivity index (χ3v) is 5.31. The van der Waals surface area contributed by atoms with Crippen LogP contribution in [0.1, 0.15) is 0 Å². The molecular weight excluding hydrogens is 332 g/mol. The summed E-state index contributed by atoms with van der Waals surface area (Å²) in [5, 5.41) is 0. The summed E-state index contributed by atoms with van der Waals surface area (Å²) in [6.45, 7) is 4.36. The van der Waals surface area contributed by atoms with Crippen molar-refractivity contribution >= 4 is 31.6 Å². The van der Waals surface area contributed by atoms with Gasteiger partial charge in [0.15, 0.2) is 0 Å². The number of benzene rings is 1. The van der Waals surface area contributed by atoms with Crippen LogP contribution in [0.4, 0.5) is 5.69 Å². The Bertz CT molecular complexity index is 546. The summed E-state index contributed by atoms with van der Waals surface area (Å²) in [6, 6.07) is 4.68. The summed E-state index contributed by atoms with van der Waals surface area (Å²) in [5.41, 5.74) is 6.05. The van der Waals surface area contributed by atoms with Crippen LogP contribution in [0.5, 0.6) is 0 Å². The minimum absolute atomic E-state index is 0.144. The van der Waals surface area contributed by atoms with E-state index in [1.54, 1.807) is 12.1 Å². The number of sulfonamides is 1. The van der Waals surface area contributed by atoms with Gasteiger partial charge in [0, 0.05) is 30.4 Å². The number of nitrogen functional groups attached to an aromatic ring is 1. The summed E-state index contributed by atoms with van der Waals surface area (Å²) < 4.78 is 31.8. The topological polar surface area (TPSA) is 72.6 Å². The lowest BCUT2D eigenvalue weighted by Gasteiger charge is -2.21. The second-order valence-electron chi connectivity index (χ2n) is 3.83. The number of hydrogen-bond donors (Lipinski definition) is 1. The van der Waals surface area contributed by atoms with Crippen molar-refractivity contribution in [1.82, 2.24) is 4.31 Å². The molecule has 1 aromatic rings. The predicted octanol–water partition coefficient (Wildman–Crippen LogP) is 1.85. The first-order chi connectivity index (χ1) is 8.93. The third kappa shape index (κ3) is 4.04. The fourth-order valence-corrected chi connectivity index (χ4v) is 3.86. The SMILES string of the molecule is C=CCN(CCOC)S(=O)(=O)c1cc(N)ccc1Br. The predicted molar refractivity (Wildman–Crippen MR) is 79.4 cm³/mol. The summed E-state index contributed by atoms with van der Waals surface area (Å²) in [6.07, 6.45) is 1.54. The lowest BCUT2D eigenvalue weighted by atomic mass is 10.3. The van der Waals surface area contributed by atoms with Gasteiger partial charge in [-0.25, -0.2) is 8.42 Å². The summed E-state index contributed by atoms with van der Waals surface area (Å²) in [4.78, 5) is 0.144. The van der Waals surface area contributed by atoms with Gasteiger partial charge in [-0.3, -0.25) is 0 Å². The van der Waals surface area contributed by atoms with Crippen LogP contribution < -0.4 is 5.73 Å². The molecule has 0 aliphatic carbocycles. The van der Waals surface area contributed by atoms with Gasteiger partial charge < -0.3 is 10.5 Å². The highest BCUT2D eigenvalue weighted by molar-refractivity contribution is 9.10. The Morgan fingerprint density at radius 2 is 2.21 bits per heavy atom. The van der Waals surface area contributed by atoms with Crippen LogP contribution in [-0.2, 0) is 14.8 Å². The average molecular weight is 349 g/mol. The number of hydrogen-bond acceptors (Lipinski definition) is 4. The smallest absolute Gasteiger partial charge is 0.244 e. The number of rotatable bonds is 7. The van der Waals surface area contributed by atoms with Crippen molar-refractivity contribution in [1.29, 1.82) is 0 Å². The first kappa shape index (κ1) is 16.2. The molecular formula is C12H17BrN2O3S. The molecule has 0 aliphatic rings. The second-order valence-corrected chi connectivity index (χ2v) is 6.60. The molecule has 0 heterocycles. The molecule has 19 heavy (non-hydrogen) atoms. The van der Waals surface area contributed by atoms with E-state index in [2.05, 4.69) is 22.5 Å². The maximum atomic E-state index is 12.5. The van der Waals surface area contributed by atoms with Crippen molar-refractivity contribution in [3.8, 4) is 0 Å². The fourth-order valence-electron chi connectivity index (χ4n) is 1.50. The normalized spacial score (nSPS) is 11.7. The Balaban J connectivity index is 3.18. The van der Waals surface area contributed by atoms with E-state index in [1.807, 2.05) is 0 Å². The molecule has 0 spiro atoms. The highest BCUT2D eigenvalue weighted by atomic mass is 79.9. The Morgan fingerprint density at radius 1 is 1.53 bits per heavy atom. The first-order valence-corrected chi connectivity index (χ1v) is 7.81. The molecule has 1 rings (SSSR count). The Labute approximate surface area is 122 Å². The monoisotopic (exact) mass is 348 g/mol. The van der Waals surface area contributed by atoms with E-state index in [0.717, 1.165) is 0 Å². The van der Waals surface area contributed by atoms with E-state index >= 15 is 0 Å². The van der Waals surface area contributed by atoms with Gasteiger partial charge in [0.05, 0.1) is 11.5 Å². The van der Waals surface area contributed by atoms with Crippen LogP contribution in [0.15, 0.2) is 40.2 Å². The molecule has 0 aliphatic heterocycles. The van der Waals surface area contributed by atoms with Crippen molar-refractivity contribution in [2.45, 2.75) is 4.90 Å². The maximum Gasteiger partial charge on any atom is 0.244 e. The van der Waals surface area contributed by atoms with Crippen LogP contribution in [-0.4, -0.2) is 39.5 Å². The molecule has 0 saturated heterocycles. The molecule has 0 saturated carbocycles. The van der Waals surface area contributed by atoms with E-state index in [-0.39, 0.29) is 18.0 Å². The van der Waals surface area contributed by atoms with Crippen molar-refractivity contribution in [3.63, 3.8) is 0 Å². The van der Waals surface area contributed by atoms with Gasteiger partial charge in [-0.15, -0.1) is 6.58 Å². The number of nitrogens with two attached hydrogens (primary N) is 1. The molecule has 0 fully saturated rings. The first-order valence-electron chi connectivity index (χ1n) is 5.58. The standard InChI is InChI=1S/C12H17BrN2O3S/c1-3-6-15(7-8-18-2)19(16,17)12-9-10(14)4-5-11(12)13/h3-5,9H,1,6-8,14H2,2H3. The summed E-state index contributed by atoms with van der Waals surface area (Å²) in [5.74, 6) is 0. The lowest BCUT2D eigenvalue weighted by molar-refractivity contribution is 0.182. The van der Waals surface area contributed by atoms with E-state index in [1.165, 1.54) is 23.6 Å². The Kier molecular flexibility index (Phi) is 5.99. The van der Waals surface area contributed by atoms with Gasteiger partial charge in [-0.05, 0) is 34.1 Å². The lowest BCUT2D eigenvalue weighted by Crippen LogP contribution is -2.34. The van der Waals surface area contributed by atoms with Crippen LogP contribution in [0.25, 0.3) is 0 Å². The molecule has 5 nitrogen and oxygen atoms in total. The number of anilines is 1. The molecule has 106 valence electrons. The fraction of sp³-hybridized carbons (Fsp3) is 0.333. The van der Waals surface area contributed by atoms with Crippen molar-refractivity contribution in [2.24, 2.45) is 0 Å². The van der Waals surface area contributed by atoms with Crippen LogP contribution in [0.3, 0.4) is 0 Å². The molecule has 0 bridgehead atoms. The maximum absolute atomic E-state index is 12.5. The Hall–Kier alpha value is -0.890. The number of halogens is 1. The van der Waals surface area contributed by atoms with Gasteiger partial charge in [-0.2, -0.15) is 4.31 Å². The minimum Gasteiger partial charge on any atom is -0.399 e. The second kappa shape index (κ2) is 7.04. The molecule has 0 amide bonds. The largest absolute Gasteiger partial charge is 0.399 e. The van der Waals surface area contributed by atoms with Crippen molar-refractivity contribution < 1.29 is 13.2 Å². The third-order valence-electron chi connectivity index (χ3n) is 2.45. The van der Waals surface area contributed by atoms with E-state index < -0.39 is 10.0 Å². The number of ether oxygens (including phenoxy) is 1. The van der Waals surface area contributed by atoms with E-state index in [0.29, 0.717) is 16.8 Å². The molecule has 1 aromatic carbocycles. The van der Waals surface area contributed by atoms with E-state index in [9.17, 15) is 8.42 Å². The zero-order valence-electron chi connectivity index (χ0n) is 10.7. The average Bonchev–Trinajstić information content (AvgIpc) is 2.37. The van der Waals surface area contributed by atoms with Gasteiger partial charge in [-0.1, -0.05) is 6.08 Å². The molecule has 7 heteroatoms. The number of methoxy groups -OCH3 is 1. The Morgan fingerprint density at radius 3 is 2.79 bits per heavy atom. The molecule has 0 radical (unpaired) electrons. The zero-order valence-corrected chi connectivity index (χ0v) is 13.1. The van der Waals surface area contributed by atoms with Gasteiger partial charge in [0.2, 0.25) is 10.0 Å².